The Kier molecular flexibility index (Phi) is 7.44. The van der Waals surface area contributed by atoms with E-state index in [2.05, 4.69) is 32.6 Å². The van der Waals surface area contributed by atoms with E-state index in [1.54, 1.807) is 0 Å². The summed E-state index contributed by atoms with van der Waals surface area (Å²) in [7, 11) is 0. The molecule has 0 aliphatic heterocycles. The van der Waals surface area contributed by atoms with E-state index >= 15 is 0 Å². The lowest BCUT2D eigenvalue weighted by molar-refractivity contribution is -0.138. The van der Waals surface area contributed by atoms with E-state index in [4.69, 9.17) is 0 Å². The van der Waals surface area contributed by atoms with Gasteiger partial charge in [-0.15, -0.1) is 0 Å². The summed E-state index contributed by atoms with van der Waals surface area (Å²) in [5.41, 5.74) is 1.10. The summed E-state index contributed by atoms with van der Waals surface area (Å²) < 4.78 is 0. The zero-order valence-corrected chi connectivity index (χ0v) is 13.7. The zero-order valence-electron chi connectivity index (χ0n) is 13.7. The molecule has 21 heavy (non-hydrogen) atoms. The maximum absolute atomic E-state index is 11.3. The molecule has 0 fully saturated rings. The zero-order chi connectivity index (χ0) is 15.8. The Balaban J connectivity index is 3.12. The molecule has 118 valence electrons. The van der Waals surface area contributed by atoms with Crippen molar-refractivity contribution < 1.29 is 9.90 Å². The second kappa shape index (κ2) is 8.83. The first-order valence-electron chi connectivity index (χ1n) is 8.02. The van der Waals surface area contributed by atoms with Crippen LogP contribution in [0, 0.1) is 5.92 Å². The monoisotopic (exact) mass is 291 g/mol. The van der Waals surface area contributed by atoms with Crippen molar-refractivity contribution >= 4 is 5.97 Å². The number of hydrogen-bond acceptors (Lipinski definition) is 2. The fraction of sp³-hybridized carbons (Fsp3) is 0.611. The first-order valence-corrected chi connectivity index (χ1v) is 8.02. The van der Waals surface area contributed by atoms with Crippen molar-refractivity contribution in [2.75, 3.05) is 6.54 Å². The Morgan fingerprint density at radius 1 is 1.14 bits per heavy atom. The number of benzene rings is 1. The van der Waals surface area contributed by atoms with Crippen molar-refractivity contribution in [2.45, 2.75) is 59.0 Å². The van der Waals surface area contributed by atoms with Gasteiger partial charge in [-0.3, -0.25) is 9.69 Å². The van der Waals surface area contributed by atoms with E-state index in [9.17, 15) is 9.90 Å². The number of nitrogens with zero attached hydrogens (tertiary/aromatic N) is 1. The Morgan fingerprint density at radius 2 is 1.71 bits per heavy atom. The minimum atomic E-state index is -0.733. The number of aliphatic carboxylic acids is 1. The van der Waals surface area contributed by atoms with Crippen molar-refractivity contribution in [1.82, 2.24) is 4.90 Å². The Morgan fingerprint density at radius 3 is 2.14 bits per heavy atom. The lowest BCUT2D eigenvalue weighted by Gasteiger charge is -2.38. The van der Waals surface area contributed by atoms with E-state index in [0.717, 1.165) is 24.9 Å². The predicted octanol–water partition coefficient (Wildman–Crippen LogP) is 4.35. The summed E-state index contributed by atoms with van der Waals surface area (Å²) >= 11 is 0. The first kappa shape index (κ1) is 17.7. The van der Waals surface area contributed by atoms with Crippen LogP contribution in [0.3, 0.4) is 0 Å². The Labute approximate surface area is 129 Å². The summed E-state index contributed by atoms with van der Waals surface area (Å²) in [5.74, 6) is -0.214. The molecule has 0 saturated heterocycles. The van der Waals surface area contributed by atoms with Gasteiger partial charge in [0, 0.05) is 18.6 Å². The molecule has 1 N–H and O–H groups in total. The average Bonchev–Trinajstić information content (AvgIpc) is 2.45. The second-order valence-corrected chi connectivity index (χ2v) is 6.09. The van der Waals surface area contributed by atoms with E-state index in [-0.39, 0.29) is 12.5 Å². The number of carboxylic acids is 1. The van der Waals surface area contributed by atoms with Crippen molar-refractivity contribution in [1.29, 1.82) is 0 Å². The number of carbonyl (C=O) groups is 1. The molecule has 3 heteroatoms. The lowest BCUT2D eigenvalue weighted by atomic mass is 9.96. The molecule has 0 saturated carbocycles. The van der Waals surface area contributed by atoms with Gasteiger partial charge in [0.1, 0.15) is 0 Å². The molecule has 1 aromatic rings. The maximum Gasteiger partial charge on any atom is 0.305 e. The average molecular weight is 291 g/mol. The van der Waals surface area contributed by atoms with Crippen molar-refractivity contribution in [3.05, 3.63) is 35.9 Å². The molecule has 0 heterocycles. The fourth-order valence-corrected chi connectivity index (χ4v) is 2.98. The summed E-state index contributed by atoms with van der Waals surface area (Å²) in [6.45, 7) is 9.68. The summed E-state index contributed by atoms with van der Waals surface area (Å²) in [5, 5.41) is 9.33. The van der Waals surface area contributed by atoms with Gasteiger partial charge in [0.15, 0.2) is 0 Å². The number of carboxylic acid groups (broad SMARTS) is 1. The van der Waals surface area contributed by atoms with Crippen LogP contribution in [0.5, 0.6) is 0 Å². The standard InChI is InChI=1S/C18H29NO2/c1-5-16(6-2)19(13-14(3)4)17(12-18(20)21)15-10-8-7-9-11-15/h7-11,14,16-17H,5-6,12-13H2,1-4H3,(H,20,21). The van der Waals surface area contributed by atoms with Gasteiger partial charge in [-0.2, -0.15) is 0 Å². The van der Waals surface area contributed by atoms with Gasteiger partial charge < -0.3 is 5.11 Å². The van der Waals surface area contributed by atoms with Crippen LogP contribution in [-0.2, 0) is 4.79 Å². The van der Waals surface area contributed by atoms with Crippen LogP contribution in [0.25, 0.3) is 0 Å². The highest BCUT2D eigenvalue weighted by Crippen LogP contribution is 2.29. The van der Waals surface area contributed by atoms with E-state index in [1.165, 1.54) is 0 Å². The first-order chi connectivity index (χ1) is 9.99. The van der Waals surface area contributed by atoms with Crippen LogP contribution < -0.4 is 0 Å². The molecule has 0 radical (unpaired) electrons. The van der Waals surface area contributed by atoms with Gasteiger partial charge in [-0.25, -0.2) is 0 Å². The van der Waals surface area contributed by atoms with Crippen LogP contribution in [0.4, 0.5) is 0 Å². The smallest absolute Gasteiger partial charge is 0.305 e. The van der Waals surface area contributed by atoms with Crippen molar-refractivity contribution in [2.24, 2.45) is 5.92 Å². The molecule has 0 bridgehead atoms. The molecule has 0 amide bonds. The second-order valence-electron chi connectivity index (χ2n) is 6.09. The van der Waals surface area contributed by atoms with E-state index in [0.29, 0.717) is 12.0 Å². The summed E-state index contributed by atoms with van der Waals surface area (Å²) in [6.07, 6.45) is 2.26. The molecular weight excluding hydrogens is 262 g/mol. The molecular formula is C18H29NO2. The van der Waals surface area contributed by atoms with Gasteiger partial charge in [0.2, 0.25) is 0 Å². The summed E-state index contributed by atoms with van der Waals surface area (Å²) in [4.78, 5) is 13.7. The molecule has 0 spiro atoms. The molecule has 0 aromatic heterocycles. The quantitative estimate of drug-likeness (QED) is 0.735. The molecule has 0 aliphatic carbocycles. The van der Waals surface area contributed by atoms with Crippen LogP contribution in [-0.4, -0.2) is 28.6 Å². The fourth-order valence-electron chi connectivity index (χ4n) is 2.98. The lowest BCUT2D eigenvalue weighted by Crippen LogP contribution is -2.41. The van der Waals surface area contributed by atoms with Crippen LogP contribution >= 0.6 is 0 Å². The molecule has 1 aromatic carbocycles. The number of hydrogen-bond donors (Lipinski definition) is 1. The van der Waals surface area contributed by atoms with Crippen LogP contribution in [0.1, 0.15) is 58.6 Å². The topological polar surface area (TPSA) is 40.5 Å². The predicted molar refractivity (Wildman–Crippen MR) is 87.3 cm³/mol. The molecule has 1 unspecified atom stereocenters. The highest BCUT2D eigenvalue weighted by atomic mass is 16.4. The third-order valence-electron chi connectivity index (χ3n) is 3.94. The van der Waals surface area contributed by atoms with E-state index in [1.807, 2.05) is 30.3 Å². The Bertz CT molecular complexity index is 412. The highest BCUT2D eigenvalue weighted by Gasteiger charge is 2.28. The molecule has 1 rings (SSSR count). The largest absolute Gasteiger partial charge is 0.481 e. The maximum atomic E-state index is 11.3. The molecule has 1 atom stereocenters. The molecule has 3 nitrogen and oxygen atoms in total. The third-order valence-corrected chi connectivity index (χ3v) is 3.94. The van der Waals surface area contributed by atoms with E-state index < -0.39 is 5.97 Å². The van der Waals surface area contributed by atoms with Crippen LogP contribution in [0.2, 0.25) is 0 Å². The van der Waals surface area contributed by atoms with Gasteiger partial charge in [-0.1, -0.05) is 58.0 Å². The van der Waals surface area contributed by atoms with Gasteiger partial charge in [-0.05, 0) is 24.3 Å². The number of rotatable bonds is 9. The highest BCUT2D eigenvalue weighted by molar-refractivity contribution is 5.68. The summed E-state index contributed by atoms with van der Waals surface area (Å²) in [6, 6.07) is 10.4. The molecule has 0 aliphatic rings. The normalized spacial score (nSPS) is 13.1. The van der Waals surface area contributed by atoms with Crippen molar-refractivity contribution in [3.8, 4) is 0 Å². The van der Waals surface area contributed by atoms with Crippen molar-refractivity contribution in [3.63, 3.8) is 0 Å². The van der Waals surface area contributed by atoms with Gasteiger partial charge >= 0.3 is 5.97 Å². The van der Waals surface area contributed by atoms with Gasteiger partial charge in [0.25, 0.3) is 0 Å². The van der Waals surface area contributed by atoms with Crippen LogP contribution in [0.15, 0.2) is 30.3 Å². The minimum Gasteiger partial charge on any atom is -0.481 e. The third kappa shape index (κ3) is 5.50. The van der Waals surface area contributed by atoms with Gasteiger partial charge in [0.05, 0.1) is 6.42 Å². The minimum absolute atomic E-state index is 0.0454. The SMILES string of the molecule is CCC(CC)N(CC(C)C)C(CC(=O)O)c1ccccc1. The Hall–Kier alpha value is -1.35.